The van der Waals surface area contributed by atoms with Gasteiger partial charge >= 0.3 is 0 Å². The van der Waals surface area contributed by atoms with Gasteiger partial charge < -0.3 is 9.09 Å². The minimum atomic E-state index is 0.532. The Morgan fingerprint density at radius 1 is 1.26 bits per heavy atom. The van der Waals surface area contributed by atoms with Crippen molar-refractivity contribution in [1.29, 1.82) is 0 Å². The van der Waals surface area contributed by atoms with Crippen molar-refractivity contribution in [3.63, 3.8) is 0 Å². The average Bonchev–Trinajstić information content (AvgIpc) is 2.98. The highest BCUT2D eigenvalue weighted by atomic mass is 35.5. The molecule has 0 N–H and O–H groups in total. The first-order chi connectivity index (χ1) is 9.22. The number of aromatic nitrogens is 3. The van der Waals surface area contributed by atoms with E-state index >= 15 is 0 Å². The monoisotopic (exact) mass is 273 g/mol. The first-order valence-electron chi connectivity index (χ1n) is 5.92. The van der Waals surface area contributed by atoms with E-state index in [-0.39, 0.29) is 0 Å². The lowest BCUT2D eigenvalue weighted by molar-refractivity contribution is 0.422. The van der Waals surface area contributed by atoms with E-state index in [2.05, 4.69) is 14.7 Å². The molecular formula is C14H12ClN3O. The quantitative estimate of drug-likeness (QED) is 0.733. The van der Waals surface area contributed by atoms with Gasteiger partial charge in [-0.2, -0.15) is 4.98 Å². The van der Waals surface area contributed by atoms with E-state index in [0.29, 0.717) is 18.3 Å². The molecule has 0 fully saturated rings. The zero-order valence-electron chi connectivity index (χ0n) is 10.4. The molecule has 0 saturated heterocycles. The van der Waals surface area contributed by atoms with Gasteiger partial charge in [0.2, 0.25) is 0 Å². The predicted molar refractivity (Wildman–Crippen MR) is 73.0 cm³/mol. The Labute approximate surface area is 115 Å². The molecule has 0 aliphatic heterocycles. The van der Waals surface area contributed by atoms with Crippen molar-refractivity contribution < 1.29 is 4.52 Å². The lowest BCUT2D eigenvalue weighted by atomic mass is 10.2. The average molecular weight is 274 g/mol. The summed E-state index contributed by atoms with van der Waals surface area (Å²) >= 11 is 6.00. The van der Waals surface area contributed by atoms with Gasteiger partial charge in [-0.1, -0.05) is 28.9 Å². The first kappa shape index (κ1) is 12.0. The highest BCUT2D eigenvalue weighted by molar-refractivity contribution is 6.30. The molecule has 3 rings (SSSR count). The van der Waals surface area contributed by atoms with Crippen LogP contribution in [0.3, 0.4) is 0 Å². The fourth-order valence-corrected chi connectivity index (χ4v) is 2.19. The Hall–Kier alpha value is -2.07. The molecule has 0 atom stereocenters. The molecule has 2 heterocycles. The molecule has 0 spiro atoms. The SMILES string of the molecule is Cc1noc(-c2cccn2Cc2cccc(Cl)c2)n1. The van der Waals surface area contributed by atoms with Crippen LogP contribution in [0, 0.1) is 6.92 Å². The Balaban J connectivity index is 1.92. The van der Waals surface area contributed by atoms with Crippen LogP contribution in [0.15, 0.2) is 47.1 Å². The van der Waals surface area contributed by atoms with Crippen LogP contribution in [0.1, 0.15) is 11.4 Å². The van der Waals surface area contributed by atoms with Crippen molar-refractivity contribution in [2.45, 2.75) is 13.5 Å². The van der Waals surface area contributed by atoms with Crippen molar-refractivity contribution in [1.82, 2.24) is 14.7 Å². The molecule has 2 aromatic heterocycles. The van der Waals surface area contributed by atoms with Crippen LogP contribution in [0.4, 0.5) is 0 Å². The molecule has 0 amide bonds. The third kappa shape index (κ3) is 2.53. The molecule has 0 aliphatic rings. The maximum atomic E-state index is 6.00. The van der Waals surface area contributed by atoms with E-state index in [1.54, 1.807) is 6.92 Å². The third-order valence-electron chi connectivity index (χ3n) is 2.82. The number of hydrogen-bond acceptors (Lipinski definition) is 3. The fourth-order valence-electron chi connectivity index (χ4n) is 1.98. The highest BCUT2D eigenvalue weighted by Crippen LogP contribution is 2.20. The van der Waals surface area contributed by atoms with E-state index in [9.17, 15) is 0 Å². The van der Waals surface area contributed by atoms with E-state index in [4.69, 9.17) is 16.1 Å². The maximum absolute atomic E-state index is 6.00. The number of hydrogen-bond donors (Lipinski definition) is 0. The molecule has 0 radical (unpaired) electrons. The van der Waals surface area contributed by atoms with Crippen molar-refractivity contribution in [3.05, 3.63) is 59.0 Å². The molecule has 96 valence electrons. The Kier molecular flexibility index (Phi) is 3.09. The largest absolute Gasteiger partial charge is 0.339 e. The lowest BCUT2D eigenvalue weighted by Crippen LogP contribution is -2.00. The smallest absolute Gasteiger partial charge is 0.274 e. The molecule has 0 saturated carbocycles. The summed E-state index contributed by atoms with van der Waals surface area (Å²) in [5.74, 6) is 1.16. The standard InChI is InChI=1S/C14H12ClN3O/c1-10-16-14(19-17-10)13-6-3-7-18(13)9-11-4-2-5-12(15)8-11/h2-8H,9H2,1H3. The van der Waals surface area contributed by atoms with Gasteiger partial charge in [-0.15, -0.1) is 0 Å². The molecular weight excluding hydrogens is 262 g/mol. The summed E-state index contributed by atoms with van der Waals surface area (Å²) in [5, 5.41) is 4.55. The minimum absolute atomic E-state index is 0.532. The van der Waals surface area contributed by atoms with Crippen molar-refractivity contribution in [2.75, 3.05) is 0 Å². The summed E-state index contributed by atoms with van der Waals surface area (Å²) < 4.78 is 7.26. The van der Waals surface area contributed by atoms with Crippen molar-refractivity contribution in [3.8, 4) is 11.6 Å². The summed E-state index contributed by atoms with van der Waals surface area (Å²) in [6, 6.07) is 11.7. The summed E-state index contributed by atoms with van der Waals surface area (Å²) in [4.78, 5) is 4.25. The van der Waals surface area contributed by atoms with Crippen molar-refractivity contribution >= 4 is 11.6 Å². The molecule has 19 heavy (non-hydrogen) atoms. The minimum Gasteiger partial charge on any atom is -0.339 e. The van der Waals surface area contributed by atoms with Crippen LogP contribution in [0.2, 0.25) is 5.02 Å². The Morgan fingerprint density at radius 2 is 2.16 bits per heavy atom. The van der Waals surface area contributed by atoms with Crippen LogP contribution in [0.5, 0.6) is 0 Å². The molecule has 4 nitrogen and oxygen atoms in total. The molecule has 0 aliphatic carbocycles. The first-order valence-corrected chi connectivity index (χ1v) is 6.30. The number of nitrogens with zero attached hydrogens (tertiary/aromatic N) is 3. The number of halogens is 1. The highest BCUT2D eigenvalue weighted by Gasteiger charge is 2.11. The van der Waals surface area contributed by atoms with Gasteiger partial charge in [-0.25, -0.2) is 0 Å². The summed E-state index contributed by atoms with van der Waals surface area (Å²) in [5.41, 5.74) is 2.03. The molecule has 3 aromatic rings. The third-order valence-corrected chi connectivity index (χ3v) is 3.05. The van der Waals surface area contributed by atoms with Gasteiger partial charge in [-0.3, -0.25) is 0 Å². The normalized spacial score (nSPS) is 10.8. The Bertz CT molecular complexity index is 702. The summed E-state index contributed by atoms with van der Waals surface area (Å²) in [6.07, 6.45) is 1.98. The zero-order chi connectivity index (χ0) is 13.2. The van der Waals surface area contributed by atoms with Gasteiger partial charge in [0.05, 0.1) is 0 Å². The van der Waals surface area contributed by atoms with Gasteiger partial charge in [-0.05, 0) is 36.8 Å². The summed E-state index contributed by atoms with van der Waals surface area (Å²) in [7, 11) is 0. The van der Waals surface area contributed by atoms with E-state index in [0.717, 1.165) is 16.3 Å². The lowest BCUT2D eigenvalue weighted by Gasteiger charge is -2.06. The van der Waals surface area contributed by atoms with Crippen LogP contribution in [-0.4, -0.2) is 14.7 Å². The summed E-state index contributed by atoms with van der Waals surface area (Å²) in [6.45, 7) is 2.52. The van der Waals surface area contributed by atoms with Gasteiger partial charge in [0.25, 0.3) is 5.89 Å². The second kappa shape index (κ2) is 4.90. The maximum Gasteiger partial charge on any atom is 0.274 e. The van der Waals surface area contributed by atoms with Crippen LogP contribution < -0.4 is 0 Å². The van der Waals surface area contributed by atoms with E-state index < -0.39 is 0 Å². The van der Waals surface area contributed by atoms with Crippen LogP contribution >= 0.6 is 11.6 Å². The Morgan fingerprint density at radius 3 is 2.89 bits per heavy atom. The predicted octanol–water partition coefficient (Wildman–Crippen LogP) is 3.55. The number of aryl methyl sites for hydroxylation is 1. The molecule has 5 heteroatoms. The second-order valence-electron chi connectivity index (χ2n) is 4.30. The van der Waals surface area contributed by atoms with Crippen LogP contribution in [-0.2, 0) is 6.54 Å². The fraction of sp³-hybridized carbons (Fsp3) is 0.143. The van der Waals surface area contributed by atoms with Crippen LogP contribution in [0.25, 0.3) is 11.6 Å². The molecule has 0 bridgehead atoms. The molecule has 1 aromatic carbocycles. The van der Waals surface area contributed by atoms with Gasteiger partial charge in [0.1, 0.15) is 5.69 Å². The zero-order valence-corrected chi connectivity index (χ0v) is 11.1. The van der Waals surface area contributed by atoms with E-state index in [1.165, 1.54) is 0 Å². The topological polar surface area (TPSA) is 43.9 Å². The van der Waals surface area contributed by atoms with Gasteiger partial charge in [0.15, 0.2) is 5.82 Å². The van der Waals surface area contributed by atoms with E-state index in [1.807, 2.05) is 42.6 Å². The molecule has 0 unspecified atom stereocenters. The number of benzene rings is 1. The number of rotatable bonds is 3. The van der Waals surface area contributed by atoms with Crippen molar-refractivity contribution in [2.24, 2.45) is 0 Å². The second-order valence-corrected chi connectivity index (χ2v) is 4.73. The van der Waals surface area contributed by atoms with Gasteiger partial charge in [0, 0.05) is 17.8 Å².